The van der Waals surface area contributed by atoms with Crippen LogP contribution in [0.15, 0.2) is 12.1 Å². The molecule has 7 heteroatoms. The normalized spacial score (nSPS) is 13.4. The summed E-state index contributed by atoms with van der Waals surface area (Å²) in [5.41, 5.74) is 0.384. The molecule has 0 aliphatic heterocycles. The summed E-state index contributed by atoms with van der Waals surface area (Å²) in [6.07, 6.45) is -1.17. The van der Waals surface area contributed by atoms with E-state index >= 15 is 0 Å². The third-order valence-corrected chi connectivity index (χ3v) is 4.51. The van der Waals surface area contributed by atoms with E-state index in [1.54, 1.807) is 32.9 Å². The summed E-state index contributed by atoms with van der Waals surface area (Å²) in [6, 6.07) is 3.40. The van der Waals surface area contributed by atoms with Gasteiger partial charge in [-0.25, -0.2) is 4.79 Å². The van der Waals surface area contributed by atoms with Crippen LogP contribution in [0.3, 0.4) is 0 Å². The van der Waals surface area contributed by atoms with Crippen molar-refractivity contribution >= 4 is 13.8 Å². The smallest absolute Gasteiger partial charge is 0.428 e. The zero-order valence-corrected chi connectivity index (χ0v) is 18.7. The van der Waals surface area contributed by atoms with Gasteiger partial charge in [0, 0.05) is 11.1 Å². The van der Waals surface area contributed by atoms with E-state index < -0.39 is 30.2 Å². The van der Waals surface area contributed by atoms with Gasteiger partial charge in [0.2, 0.25) is 0 Å². The molecule has 0 saturated carbocycles. The van der Waals surface area contributed by atoms with Gasteiger partial charge in [0.05, 0.1) is 6.16 Å². The highest BCUT2D eigenvalue weighted by Gasteiger charge is 2.31. The van der Waals surface area contributed by atoms with Gasteiger partial charge in [-0.15, -0.1) is 0 Å². The van der Waals surface area contributed by atoms with Crippen LogP contribution in [0.1, 0.15) is 79.0 Å². The topological polar surface area (TPSA) is 93.1 Å². The molecule has 0 saturated heterocycles. The van der Waals surface area contributed by atoms with Crippen LogP contribution in [0.2, 0.25) is 0 Å². The minimum Gasteiger partial charge on any atom is -0.428 e. The van der Waals surface area contributed by atoms with Gasteiger partial charge in [0.25, 0.3) is 0 Å². The molecular formula is C20H33O6P. The van der Waals surface area contributed by atoms with E-state index in [1.165, 1.54) is 0 Å². The maximum Gasteiger partial charge on any atom is 0.514 e. The minimum atomic E-state index is -4.23. The Kier molecular flexibility index (Phi) is 6.64. The van der Waals surface area contributed by atoms with Gasteiger partial charge < -0.3 is 19.3 Å². The van der Waals surface area contributed by atoms with E-state index in [1.807, 2.05) is 41.5 Å². The van der Waals surface area contributed by atoms with Gasteiger partial charge in [-0.3, -0.25) is 4.57 Å². The zero-order chi connectivity index (χ0) is 21.4. The van der Waals surface area contributed by atoms with E-state index in [9.17, 15) is 19.1 Å². The second-order valence-corrected chi connectivity index (χ2v) is 11.6. The molecular weight excluding hydrogens is 367 g/mol. The highest BCUT2D eigenvalue weighted by molar-refractivity contribution is 7.50. The van der Waals surface area contributed by atoms with Crippen molar-refractivity contribution in [2.75, 3.05) is 0 Å². The van der Waals surface area contributed by atoms with E-state index in [-0.39, 0.29) is 6.16 Å². The summed E-state index contributed by atoms with van der Waals surface area (Å²) in [4.78, 5) is 31.1. The maximum atomic E-state index is 12.3. The van der Waals surface area contributed by atoms with Gasteiger partial charge in [-0.05, 0) is 37.2 Å². The fourth-order valence-corrected chi connectivity index (χ4v) is 3.25. The lowest BCUT2D eigenvalue weighted by Crippen LogP contribution is -2.28. The van der Waals surface area contributed by atoms with Crippen molar-refractivity contribution in [1.29, 1.82) is 0 Å². The van der Waals surface area contributed by atoms with Crippen LogP contribution in [0.5, 0.6) is 5.75 Å². The van der Waals surface area contributed by atoms with Gasteiger partial charge >= 0.3 is 13.8 Å². The van der Waals surface area contributed by atoms with Crippen molar-refractivity contribution in [1.82, 2.24) is 0 Å². The van der Waals surface area contributed by atoms with Crippen molar-refractivity contribution < 1.29 is 28.6 Å². The van der Waals surface area contributed by atoms with Crippen molar-refractivity contribution in [2.45, 2.75) is 84.9 Å². The Morgan fingerprint density at radius 3 is 1.63 bits per heavy atom. The quantitative estimate of drug-likeness (QED) is 0.408. The summed E-state index contributed by atoms with van der Waals surface area (Å²) in [5, 5.41) is 0. The van der Waals surface area contributed by atoms with Crippen LogP contribution in [0, 0.1) is 0 Å². The lowest BCUT2D eigenvalue weighted by atomic mass is 9.78. The molecule has 1 aromatic rings. The highest BCUT2D eigenvalue weighted by Crippen LogP contribution is 2.45. The number of ether oxygens (including phenoxy) is 2. The third kappa shape index (κ3) is 7.65. The fourth-order valence-electron chi connectivity index (χ4n) is 2.60. The summed E-state index contributed by atoms with van der Waals surface area (Å²) >= 11 is 0. The Balaban J connectivity index is 3.62. The molecule has 0 bridgehead atoms. The van der Waals surface area contributed by atoms with E-state index in [0.717, 1.165) is 0 Å². The Morgan fingerprint density at radius 2 is 1.33 bits per heavy atom. The van der Waals surface area contributed by atoms with Gasteiger partial charge in [-0.1, -0.05) is 53.7 Å². The molecule has 2 N–H and O–H groups in total. The van der Waals surface area contributed by atoms with E-state index in [2.05, 4.69) is 0 Å². The van der Waals surface area contributed by atoms with Crippen LogP contribution < -0.4 is 4.74 Å². The number of hydrogen-bond donors (Lipinski definition) is 2. The molecule has 1 rings (SSSR count). The summed E-state index contributed by atoms with van der Waals surface area (Å²) < 4.78 is 22.5. The average molecular weight is 400 g/mol. The first-order valence-electron chi connectivity index (χ1n) is 8.93. The highest BCUT2D eigenvalue weighted by atomic mass is 31.2. The summed E-state index contributed by atoms with van der Waals surface area (Å²) in [7, 11) is -4.23. The Morgan fingerprint density at radius 1 is 0.926 bits per heavy atom. The Bertz CT molecular complexity index is 706. The molecule has 0 radical (unpaired) electrons. The predicted octanol–water partition coefficient (Wildman–Crippen LogP) is 5.27. The molecule has 6 nitrogen and oxygen atoms in total. The van der Waals surface area contributed by atoms with Crippen molar-refractivity contribution in [3.63, 3.8) is 0 Å². The van der Waals surface area contributed by atoms with Gasteiger partial charge in [0.1, 0.15) is 11.4 Å². The van der Waals surface area contributed by atoms with Gasteiger partial charge in [0.15, 0.2) is 0 Å². The number of hydrogen-bond acceptors (Lipinski definition) is 4. The third-order valence-electron chi connectivity index (χ3n) is 3.73. The predicted molar refractivity (Wildman–Crippen MR) is 106 cm³/mol. The molecule has 0 amide bonds. The molecule has 0 fully saturated rings. The molecule has 0 unspecified atom stereocenters. The number of rotatable bonds is 3. The molecule has 0 aromatic heterocycles. The zero-order valence-electron chi connectivity index (χ0n) is 17.8. The Labute approximate surface area is 162 Å². The summed E-state index contributed by atoms with van der Waals surface area (Å²) in [5.74, 6) is 0.388. The summed E-state index contributed by atoms with van der Waals surface area (Å²) in [6.45, 7) is 17.0. The molecule has 0 aliphatic carbocycles. The maximum absolute atomic E-state index is 12.3. The van der Waals surface area contributed by atoms with Crippen molar-refractivity contribution in [3.05, 3.63) is 28.8 Å². The minimum absolute atomic E-state index is 0.369. The van der Waals surface area contributed by atoms with Gasteiger partial charge in [-0.2, -0.15) is 0 Å². The van der Waals surface area contributed by atoms with E-state index in [0.29, 0.717) is 22.4 Å². The van der Waals surface area contributed by atoms with E-state index in [4.69, 9.17) is 9.47 Å². The van der Waals surface area contributed by atoms with Crippen molar-refractivity contribution in [2.24, 2.45) is 0 Å². The fraction of sp³-hybridized carbons (Fsp3) is 0.650. The van der Waals surface area contributed by atoms with Crippen LogP contribution in [0.25, 0.3) is 0 Å². The molecule has 0 aliphatic rings. The molecule has 154 valence electrons. The monoisotopic (exact) mass is 400 g/mol. The van der Waals surface area contributed by atoms with Crippen LogP contribution >= 0.6 is 7.60 Å². The molecule has 1 aromatic carbocycles. The van der Waals surface area contributed by atoms with Crippen LogP contribution in [-0.4, -0.2) is 21.5 Å². The largest absolute Gasteiger partial charge is 0.514 e. The Hall–Kier alpha value is -1.36. The first kappa shape index (κ1) is 23.7. The second-order valence-electron chi connectivity index (χ2n) is 9.91. The lowest BCUT2D eigenvalue weighted by molar-refractivity contribution is 0.0199. The molecule has 27 heavy (non-hydrogen) atoms. The van der Waals surface area contributed by atoms with Crippen LogP contribution in [-0.2, 0) is 26.3 Å². The molecule has 0 atom stereocenters. The van der Waals surface area contributed by atoms with Crippen molar-refractivity contribution in [3.8, 4) is 5.75 Å². The number of carbonyl (C=O) groups is 1. The van der Waals surface area contributed by atoms with Crippen LogP contribution in [0.4, 0.5) is 4.79 Å². The molecule has 0 heterocycles. The number of carbonyl (C=O) groups excluding carboxylic acids is 1. The lowest BCUT2D eigenvalue weighted by Gasteiger charge is -2.30. The standard InChI is InChI=1S/C20H33O6P/c1-18(2,3)14-10-13(12-27(22,23)24)11-15(19(4,5)6)16(14)25-17(21)26-20(7,8)9/h10-11H,12H2,1-9H3,(H2,22,23,24). The average Bonchev–Trinajstić information content (AvgIpc) is 2.33. The SMILES string of the molecule is CC(C)(C)OC(=O)Oc1c(C(C)(C)C)cc(CP(=O)(O)O)cc1C(C)(C)C. The first-order chi connectivity index (χ1) is 11.8. The number of benzene rings is 1. The first-order valence-corrected chi connectivity index (χ1v) is 10.7. The second kappa shape index (κ2) is 7.57. The molecule has 0 spiro atoms.